The molecule has 1 aliphatic rings. The van der Waals surface area contributed by atoms with Crippen molar-refractivity contribution in [1.29, 1.82) is 0 Å². The predicted molar refractivity (Wildman–Crippen MR) is 103 cm³/mol. The zero-order chi connectivity index (χ0) is 22.6. The summed E-state index contributed by atoms with van der Waals surface area (Å²) in [5.74, 6) is -2.21. The SMILES string of the molecule is O=C(COC(=O)C1CCN(C(=O)c2ccco2)CC1)Nc1c(Cl)cccc1C(F)(F)F. The van der Waals surface area contributed by atoms with Crippen LogP contribution >= 0.6 is 11.6 Å². The summed E-state index contributed by atoms with van der Waals surface area (Å²) in [6, 6.07) is 6.25. The van der Waals surface area contributed by atoms with Crippen LogP contribution in [0.3, 0.4) is 0 Å². The van der Waals surface area contributed by atoms with Gasteiger partial charge in [0.05, 0.1) is 28.5 Å². The number of likely N-dealkylation sites (tertiary alicyclic amines) is 1. The number of nitrogens with one attached hydrogen (secondary N) is 1. The van der Waals surface area contributed by atoms with Crippen molar-refractivity contribution in [2.24, 2.45) is 5.92 Å². The number of hydrogen-bond donors (Lipinski definition) is 1. The van der Waals surface area contributed by atoms with E-state index in [-0.39, 0.29) is 16.7 Å². The molecule has 2 amide bonds. The van der Waals surface area contributed by atoms with Gasteiger partial charge in [0.15, 0.2) is 12.4 Å². The Bertz CT molecular complexity index is 954. The molecule has 7 nitrogen and oxygen atoms in total. The Balaban J connectivity index is 1.50. The Kier molecular flexibility index (Phi) is 6.89. The number of hydrogen-bond acceptors (Lipinski definition) is 5. The number of carbonyl (C=O) groups is 3. The van der Waals surface area contributed by atoms with Gasteiger partial charge < -0.3 is 19.4 Å². The number of nitrogens with zero attached hydrogens (tertiary/aromatic N) is 1. The Hall–Kier alpha value is -3.01. The van der Waals surface area contributed by atoms with Crippen LogP contribution in [-0.4, -0.2) is 42.4 Å². The third kappa shape index (κ3) is 5.57. The quantitative estimate of drug-likeness (QED) is 0.684. The number of halogens is 4. The van der Waals surface area contributed by atoms with Crippen LogP contribution in [0.1, 0.15) is 29.0 Å². The van der Waals surface area contributed by atoms with Crippen molar-refractivity contribution in [1.82, 2.24) is 4.90 Å². The topological polar surface area (TPSA) is 88.9 Å². The lowest BCUT2D eigenvalue weighted by Gasteiger charge is -2.30. The molecule has 0 radical (unpaired) electrons. The number of anilines is 1. The zero-order valence-corrected chi connectivity index (χ0v) is 16.8. The summed E-state index contributed by atoms with van der Waals surface area (Å²) in [6.07, 6.45) is -2.67. The van der Waals surface area contributed by atoms with E-state index in [0.717, 1.165) is 12.1 Å². The number of ether oxygens (including phenoxy) is 1. The maximum absolute atomic E-state index is 13.1. The van der Waals surface area contributed by atoms with Gasteiger partial charge in [0.25, 0.3) is 11.8 Å². The summed E-state index contributed by atoms with van der Waals surface area (Å²) in [6.45, 7) is -0.146. The summed E-state index contributed by atoms with van der Waals surface area (Å²) in [4.78, 5) is 38.0. The average Bonchev–Trinajstić information content (AvgIpc) is 3.27. The van der Waals surface area contributed by atoms with Crippen molar-refractivity contribution < 1.29 is 36.7 Å². The van der Waals surface area contributed by atoms with E-state index < -0.39 is 41.8 Å². The first-order valence-electron chi connectivity index (χ1n) is 9.32. The standard InChI is InChI=1S/C20H18ClF3N2O5/c21-14-4-1-3-13(20(22,23)24)17(14)25-16(27)11-31-19(29)12-6-8-26(9-7-12)18(28)15-5-2-10-30-15/h1-5,10,12H,6-9,11H2,(H,25,27). The van der Waals surface area contributed by atoms with E-state index in [1.165, 1.54) is 12.3 Å². The van der Waals surface area contributed by atoms with Crippen molar-refractivity contribution in [2.45, 2.75) is 19.0 Å². The first-order chi connectivity index (χ1) is 14.7. The molecule has 0 spiro atoms. The normalized spacial score (nSPS) is 14.9. The molecule has 166 valence electrons. The second kappa shape index (κ2) is 9.42. The van der Waals surface area contributed by atoms with Crippen LogP contribution in [0.15, 0.2) is 41.0 Å². The van der Waals surface area contributed by atoms with E-state index in [9.17, 15) is 27.6 Å². The van der Waals surface area contributed by atoms with Crippen LogP contribution < -0.4 is 5.32 Å². The van der Waals surface area contributed by atoms with Crippen molar-refractivity contribution in [3.63, 3.8) is 0 Å². The average molecular weight is 459 g/mol. The number of esters is 1. The molecule has 2 aromatic rings. The number of amides is 2. The number of furan rings is 1. The Morgan fingerprint density at radius 1 is 1.16 bits per heavy atom. The number of para-hydroxylation sites is 1. The molecule has 0 atom stereocenters. The summed E-state index contributed by atoms with van der Waals surface area (Å²) in [5, 5.41) is 1.76. The maximum Gasteiger partial charge on any atom is 0.418 e. The summed E-state index contributed by atoms with van der Waals surface area (Å²) >= 11 is 5.78. The minimum atomic E-state index is -4.72. The highest BCUT2D eigenvalue weighted by molar-refractivity contribution is 6.34. The number of alkyl halides is 3. The minimum absolute atomic E-state index is 0.204. The van der Waals surface area contributed by atoms with Crippen LogP contribution in [0, 0.1) is 5.92 Å². The van der Waals surface area contributed by atoms with E-state index >= 15 is 0 Å². The van der Waals surface area contributed by atoms with Gasteiger partial charge in [-0.2, -0.15) is 13.2 Å². The smallest absolute Gasteiger partial charge is 0.418 e. The fourth-order valence-corrected chi connectivity index (χ4v) is 3.41. The van der Waals surface area contributed by atoms with Crippen molar-refractivity contribution >= 4 is 35.1 Å². The second-order valence-corrected chi connectivity index (χ2v) is 7.27. The largest absolute Gasteiger partial charge is 0.459 e. The van der Waals surface area contributed by atoms with Gasteiger partial charge in [-0.25, -0.2) is 0 Å². The Morgan fingerprint density at radius 3 is 2.48 bits per heavy atom. The minimum Gasteiger partial charge on any atom is -0.459 e. The number of piperidine rings is 1. The fraction of sp³-hybridized carbons (Fsp3) is 0.350. The molecule has 0 bridgehead atoms. The lowest BCUT2D eigenvalue weighted by atomic mass is 9.97. The molecule has 2 heterocycles. The van der Waals surface area contributed by atoms with Gasteiger partial charge in [-0.15, -0.1) is 0 Å². The molecular formula is C20H18ClF3N2O5. The highest BCUT2D eigenvalue weighted by Crippen LogP contribution is 2.38. The highest BCUT2D eigenvalue weighted by atomic mass is 35.5. The van der Waals surface area contributed by atoms with E-state index in [4.69, 9.17) is 20.8 Å². The molecule has 0 saturated carbocycles. The molecule has 0 unspecified atom stereocenters. The summed E-state index contributed by atoms with van der Waals surface area (Å²) < 4.78 is 49.3. The van der Waals surface area contributed by atoms with E-state index in [1.807, 2.05) is 5.32 Å². The molecule has 1 fully saturated rings. The van der Waals surface area contributed by atoms with Gasteiger partial charge in [-0.1, -0.05) is 17.7 Å². The summed E-state index contributed by atoms with van der Waals surface area (Å²) in [5.41, 5.74) is -1.70. The van der Waals surface area contributed by atoms with E-state index in [2.05, 4.69) is 0 Å². The van der Waals surface area contributed by atoms with Crippen molar-refractivity contribution in [3.05, 3.63) is 52.9 Å². The lowest BCUT2D eigenvalue weighted by molar-refractivity contribution is -0.153. The molecule has 1 aliphatic heterocycles. The maximum atomic E-state index is 13.1. The third-order valence-corrected chi connectivity index (χ3v) is 5.09. The van der Waals surface area contributed by atoms with Gasteiger partial charge in [-0.05, 0) is 37.1 Å². The van der Waals surface area contributed by atoms with E-state index in [1.54, 1.807) is 17.0 Å². The molecular weight excluding hydrogens is 441 g/mol. The molecule has 1 aromatic carbocycles. The third-order valence-electron chi connectivity index (χ3n) is 4.78. The van der Waals surface area contributed by atoms with Crippen LogP contribution in [0.2, 0.25) is 5.02 Å². The number of carbonyl (C=O) groups excluding carboxylic acids is 3. The molecule has 0 aliphatic carbocycles. The first kappa shape index (κ1) is 22.7. The van der Waals surface area contributed by atoms with Crippen LogP contribution in [-0.2, 0) is 20.5 Å². The zero-order valence-electron chi connectivity index (χ0n) is 16.1. The van der Waals surface area contributed by atoms with Gasteiger partial charge >= 0.3 is 12.1 Å². The first-order valence-corrected chi connectivity index (χ1v) is 9.69. The molecule has 1 aromatic heterocycles. The molecule has 31 heavy (non-hydrogen) atoms. The number of rotatable bonds is 5. The molecule has 3 rings (SSSR count). The van der Waals surface area contributed by atoms with Crippen LogP contribution in [0.4, 0.5) is 18.9 Å². The molecule has 1 saturated heterocycles. The van der Waals surface area contributed by atoms with Gasteiger partial charge in [0, 0.05) is 13.1 Å². The van der Waals surface area contributed by atoms with Gasteiger partial charge in [0.1, 0.15) is 0 Å². The van der Waals surface area contributed by atoms with Gasteiger partial charge in [0.2, 0.25) is 0 Å². The number of benzene rings is 1. The van der Waals surface area contributed by atoms with Crippen molar-refractivity contribution in [2.75, 3.05) is 25.0 Å². The molecule has 11 heteroatoms. The Labute approximate surface area is 180 Å². The summed E-state index contributed by atoms with van der Waals surface area (Å²) in [7, 11) is 0. The van der Waals surface area contributed by atoms with Crippen LogP contribution in [0.25, 0.3) is 0 Å². The fourth-order valence-electron chi connectivity index (χ4n) is 3.19. The van der Waals surface area contributed by atoms with Gasteiger partial charge in [-0.3, -0.25) is 14.4 Å². The van der Waals surface area contributed by atoms with E-state index in [0.29, 0.717) is 25.9 Å². The monoisotopic (exact) mass is 458 g/mol. The molecule has 1 N–H and O–H groups in total. The highest BCUT2D eigenvalue weighted by Gasteiger charge is 2.35. The van der Waals surface area contributed by atoms with Crippen molar-refractivity contribution in [3.8, 4) is 0 Å². The van der Waals surface area contributed by atoms with Crippen LogP contribution in [0.5, 0.6) is 0 Å². The Morgan fingerprint density at radius 2 is 1.87 bits per heavy atom. The lowest BCUT2D eigenvalue weighted by Crippen LogP contribution is -2.40. The predicted octanol–water partition coefficient (Wildman–Crippen LogP) is 3.99. The second-order valence-electron chi connectivity index (χ2n) is 6.86.